The van der Waals surface area contributed by atoms with Gasteiger partial charge in [-0.25, -0.2) is 0 Å². The molecule has 1 fully saturated rings. The number of rotatable bonds is 5. The van der Waals surface area contributed by atoms with Crippen molar-refractivity contribution in [3.63, 3.8) is 0 Å². The number of methoxy groups -OCH3 is 1. The van der Waals surface area contributed by atoms with Crippen LogP contribution in [0.4, 0.5) is 0 Å². The first-order valence-corrected chi connectivity index (χ1v) is 12.4. The lowest BCUT2D eigenvalue weighted by molar-refractivity contribution is -0.134. The van der Waals surface area contributed by atoms with Gasteiger partial charge < -0.3 is 19.9 Å². The number of nitrogens with zero attached hydrogens (tertiary/aromatic N) is 1. The number of hydrogen-bond donors (Lipinski definition) is 2. The Bertz CT molecular complexity index is 1460. The molecule has 0 saturated carbocycles. The highest BCUT2D eigenvalue weighted by Gasteiger charge is 2.54. The van der Waals surface area contributed by atoms with Crippen LogP contribution >= 0.6 is 0 Å². The van der Waals surface area contributed by atoms with E-state index in [0.29, 0.717) is 24.9 Å². The molecule has 0 aliphatic carbocycles. The summed E-state index contributed by atoms with van der Waals surface area (Å²) in [5, 5.41) is 4.34. The lowest BCUT2D eigenvalue weighted by atomic mass is 9.86. The molecule has 36 heavy (non-hydrogen) atoms. The molecule has 6 heteroatoms. The third-order valence-corrected chi connectivity index (χ3v) is 7.69. The molecule has 2 N–H and O–H groups in total. The number of ether oxygens (including phenoxy) is 1. The molecule has 2 aliphatic rings. The van der Waals surface area contributed by atoms with Gasteiger partial charge in [0.2, 0.25) is 5.91 Å². The first-order valence-electron chi connectivity index (χ1n) is 12.4. The van der Waals surface area contributed by atoms with Gasteiger partial charge in [0, 0.05) is 41.5 Å². The summed E-state index contributed by atoms with van der Waals surface area (Å²) in [7, 11) is 1.67. The van der Waals surface area contributed by atoms with Crippen LogP contribution in [-0.2, 0) is 17.6 Å². The second-order valence-corrected chi connectivity index (χ2v) is 9.96. The van der Waals surface area contributed by atoms with Crippen LogP contribution in [0.25, 0.3) is 10.9 Å². The number of fused-ring (bicyclic) bond motifs is 5. The Labute approximate surface area is 210 Å². The van der Waals surface area contributed by atoms with Crippen LogP contribution in [0.15, 0.2) is 72.8 Å². The van der Waals surface area contributed by atoms with Crippen molar-refractivity contribution < 1.29 is 14.3 Å². The molecule has 0 spiro atoms. The van der Waals surface area contributed by atoms with Crippen molar-refractivity contribution in [1.82, 2.24) is 15.2 Å². The Morgan fingerprint density at radius 2 is 1.89 bits per heavy atom. The number of aromatic amines is 1. The molecule has 182 valence electrons. The Morgan fingerprint density at radius 3 is 2.64 bits per heavy atom. The number of carbonyl (C=O) groups is 2. The van der Waals surface area contributed by atoms with Crippen LogP contribution in [0.5, 0.6) is 5.75 Å². The zero-order valence-electron chi connectivity index (χ0n) is 20.5. The molecule has 2 aliphatic heterocycles. The highest BCUT2D eigenvalue weighted by molar-refractivity contribution is 6.01. The van der Waals surface area contributed by atoms with Crippen LogP contribution in [-0.4, -0.2) is 40.9 Å². The van der Waals surface area contributed by atoms with E-state index in [9.17, 15) is 9.59 Å². The van der Waals surface area contributed by atoms with E-state index in [-0.39, 0.29) is 17.9 Å². The summed E-state index contributed by atoms with van der Waals surface area (Å²) in [6, 6.07) is 23.3. The van der Waals surface area contributed by atoms with E-state index in [2.05, 4.69) is 16.4 Å². The van der Waals surface area contributed by atoms with Crippen molar-refractivity contribution >= 4 is 22.7 Å². The normalized spacial score (nSPS) is 20.8. The molecule has 2 amide bonds. The van der Waals surface area contributed by atoms with Gasteiger partial charge in [-0.1, -0.05) is 48.0 Å². The van der Waals surface area contributed by atoms with Crippen LogP contribution in [0.2, 0.25) is 0 Å². The number of carbonyl (C=O) groups excluding carboxylic acids is 2. The molecule has 4 aromatic rings. The zero-order chi connectivity index (χ0) is 24.9. The molecule has 2 atom stereocenters. The van der Waals surface area contributed by atoms with E-state index in [1.54, 1.807) is 7.11 Å². The van der Waals surface area contributed by atoms with Crippen molar-refractivity contribution in [2.75, 3.05) is 13.7 Å². The van der Waals surface area contributed by atoms with Crippen molar-refractivity contribution in [3.8, 4) is 5.75 Å². The molecule has 6 rings (SSSR count). The topological polar surface area (TPSA) is 74.4 Å². The number of nitrogens with one attached hydrogen (secondary N) is 2. The summed E-state index contributed by atoms with van der Waals surface area (Å²) < 4.78 is 5.45. The minimum atomic E-state index is -1.02. The molecule has 0 radical (unpaired) electrons. The Balaban J connectivity index is 1.40. The molecule has 0 unspecified atom stereocenters. The van der Waals surface area contributed by atoms with E-state index in [0.717, 1.165) is 39.9 Å². The molecule has 3 heterocycles. The molecule has 1 aromatic heterocycles. The Morgan fingerprint density at radius 1 is 1.11 bits per heavy atom. The standard InChI is InChI=1S/C30H29N3O3/c1-19-8-10-21(11-9-19)28(34)32-30(17-20-6-4-3-5-7-20)18-26-27-23(14-15-33(26)29(30)35)24-16-22(36-2)12-13-25(24)31-27/h3-13,16,26,31H,14-15,17-18H2,1-2H3,(H,32,34)/t26-,30-/m0/s1. The minimum Gasteiger partial charge on any atom is -0.497 e. The Kier molecular flexibility index (Phi) is 5.32. The van der Waals surface area contributed by atoms with Gasteiger partial charge in [-0.3, -0.25) is 9.59 Å². The summed E-state index contributed by atoms with van der Waals surface area (Å²) in [5.41, 5.74) is 4.99. The predicted molar refractivity (Wildman–Crippen MR) is 139 cm³/mol. The third-order valence-electron chi connectivity index (χ3n) is 7.69. The van der Waals surface area contributed by atoms with Crippen LogP contribution in [0.3, 0.4) is 0 Å². The second-order valence-electron chi connectivity index (χ2n) is 9.96. The van der Waals surface area contributed by atoms with Gasteiger partial charge in [0.25, 0.3) is 5.91 Å². The van der Waals surface area contributed by atoms with E-state index in [1.165, 1.54) is 5.56 Å². The van der Waals surface area contributed by atoms with Crippen LogP contribution < -0.4 is 10.1 Å². The van der Waals surface area contributed by atoms with E-state index < -0.39 is 5.54 Å². The van der Waals surface area contributed by atoms with Crippen molar-refractivity contribution in [2.45, 2.75) is 37.8 Å². The maximum absolute atomic E-state index is 14.1. The highest BCUT2D eigenvalue weighted by Crippen LogP contribution is 2.46. The summed E-state index contributed by atoms with van der Waals surface area (Å²) in [5.74, 6) is 0.581. The van der Waals surface area contributed by atoms with Crippen molar-refractivity contribution in [3.05, 3.63) is 101 Å². The quantitative estimate of drug-likeness (QED) is 0.435. The SMILES string of the molecule is COc1ccc2[nH]c3c(c2c1)CCN1C(=O)[C@@](Cc2ccccc2)(NC(=O)c2ccc(C)cc2)C[C@@H]31. The van der Waals surface area contributed by atoms with Crippen LogP contribution in [0.1, 0.15) is 45.2 Å². The average molecular weight is 480 g/mol. The summed E-state index contributed by atoms with van der Waals surface area (Å²) in [6.45, 7) is 2.61. The Hall–Kier alpha value is -4.06. The van der Waals surface area contributed by atoms with E-state index in [1.807, 2.05) is 78.6 Å². The molecule has 6 nitrogen and oxygen atoms in total. The first kappa shape index (κ1) is 22.4. The van der Waals surface area contributed by atoms with Gasteiger partial charge in [-0.2, -0.15) is 0 Å². The lowest BCUT2D eigenvalue weighted by Crippen LogP contribution is -2.55. The van der Waals surface area contributed by atoms with Gasteiger partial charge >= 0.3 is 0 Å². The number of benzene rings is 3. The average Bonchev–Trinajstić information content (AvgIpc) is 3.40. The maximum Gasteiger partial charge on any atom is 0.252 e. The maximum atomic E-state index is 14.1. The van der Waals surface area contributed by atoms with E-state index >= 15 is 0 Å². The molecule has 1 saturated heterocycles. The molecular weight excluding hydrogens is 450 g/mol. The van der Waals surface area contributed by atoms with Gasteiger partial charge in [-0.05, 0) is 54.8 Å². The smallest absolute Gasteiger partial charge is 0.252 e. The van der Waals surface area contributed by atoms with Crippen LogP contribution in [0, 0.1) is 6.92 Å². The second kappa shape index (κ2) is 8.55. The first-order chi connectivity index (χ1) is 17.5. The highest BCUT2D eigenvalue weighted by atomic mass is 16.5. The number of aromatic nitrogens is 1. The fraction of sp³-hybridized carbons (Fsp3) is 0.267. The summed E-state index contributed by atoms with van der Waals surface area (Å²) in [4.78, 5) is 33.0. The number of H-pyrrole nitrogens is 1. The monoisotopic (exact) mass is 479 g/mol. The summed E-state index contributed by atoms with van der Waals surface area (Å²) in [6.07, 6.45) is 1.72. The van der Waals surface area contributed by atoms with Gasteiger partial charge in [-0.15, -0.1) is 0 Å². The third kappa shape index (κ3) is 3.65. The summed E-state index contributed by atoms with van der Waals surface area (Å²) >= 11 is 0. The molecular formula is C30H29N3O3. The van der Waals surface area contributed by atoms with Gasteiger partial charge in [0.05, 0.1) is 13.2 Å². The van der Waals surface area contributed by atoms with Crippen molar-refractivity contribution in [1.29, 1.82) is 0 Å². The largest absolute Gasteiger partial charge is 0.497 e. The number of aryl methyl sites for hydroxylation is 1. The number of amides is 2. The molecule has 0 bridgehead atoms. The molecule has 3 aromatic carbocycles. The minimum absolute atomic E-state index is 0.0151. The van der Waals surface area contributed by atoms with Gasteiger partial charge in [0.1, 0.15) is 11.3 Å². The van der Waals surface area contributed by atoms with Gasteiger partial charge in [0.15, 0.2) is 0 Å². The fourth-order valence-electron chi connectivity index (χ4n) is 5.86. The zero-order valence-corrected chi connectivity index (χ0v) is 20.5. The number of hydrogen-bond acceptors (Lipinski definition) is 3. The predicted octanol–water partition coefficient (Wildman–Crippen LogP) is 4.73. The fourth-order valence-corrected chi connectivity index (χ4v) is 5.86. The van der Waals surface area contributed by atoms with Crippen molar-refractivity contribution in [2.24, 2.45) is 0 Å². The lowest BCUT2D eigenvalue weighted by Gasteiger charge is -2.30. The van der Waals surface area contributed by atoms with E-state index in [4.69, 9.17) is 4.74 Å².